The number of fused-ring (bicyclic) bond motifs is 2. The van der Waals surface area contributed by atoms with Crippen LogP contribution in [-0.4, -0.2) is 11.8 Å². The molecule has 2 N–H and O–H groups in total. The highest BCUT2D eigenvalue weighted by Gasteiger charge is 2.47. The summed E-state index contributed by atoms with van der Waals surface area (Å²) in [5.74, 6) is 1.81. The zero-order valence-electron chi connectivity index (χ0n) is 6.92. The molecule has 2 nitrogen and oxygen atoms in total. The first-order chi connectivity index (χ1) is 5.20. The second kappa shape index (κ2) is 2.31. The third kappa shape index (κ3) is 0.924. The van der Waals surface area contributed by atoms with Crippen LogP contribution in [0.5, 0.6) is 0 Å². The van der Waals surface area contributed by atoms with Crippen molar-refractivity contribution in [2.24, 2.45) is 23.5 Å². The van der Waals surface area contributed by atoms with Crippen molar-refractivity contribution in [2.45, 2.75) is 32.2 Å². The van der Waals surface area contributed by atoms with Crippen LogP contribution in [0.4, 0.5) is 0 Å². The molecule has 0 radical (unpaired) electrons. The van der Waals surface area contributed by atoms with Crippen molar-refractivity contribution in [3.8, 4) is 0 Å². The first-order valence-electron chi connectivity index (χ1n) is 4.46. The normalized spacial score (nSPS) is 48.2. The number of rotatable bonds is 1. The molecule has 2 aliphatic rings. The third-order valence-corrected chi connectivity index (χ3v) is 3.45. The number of hydrogen-bond donors (Lipinski definition) is 1. The van der Waals surface area contributed by atoms with E-state index in [0.717, 1.165) is 0 Å². The number of carbonyl (C=O) groups is 1. The lowest BCUT2D eigenvalue weighted by atomic mass is 9.83. The Morgan fingerprint density at radius 2 is 2.00 bits per heavy atom. The van der Waals surface area contributed by atoms with Gasteiger partial charge in [-0.15, -0.1) is 0 Å². The largest absolute Gasteiger partial charge is 0.327 e. The summed E-state index contributed by atoms with van der Waals surface area (Å²) in [5.41, 5.74) is 5.94. The Bertz CT molecular complexity index is 188. The highest BCUT2D eigenvalue weighted by Crippen LogP contribution is 2.47. The van der Waals surface area contributed by atoms with Crippen LogP contribution < -0.4 is 5.73 Å². The van der Waals surface area contributed by atoms with Gasteiger partial charge < -0.3 is 5.73 Å². The summed E-state index contributed by atoms with van der Waals surface area (Å²) < 4.78 is 0. The summed E-state index contributed by atoms with van der Waals surface area (Å²) in [5, 5.41) is 0. The van der Waals surface area contributed by atoms with E-state index < -0.39 is 0 Å². The standard InChI is InChI=1S/C9H15NO/c1-5(11)8-6-2-3-7(4-6)9(8)10/h6-9H,2-4,10H2,1H3/t6-,7-,8+,9-/m0/s1. The van der Waals surface area contributed by atoms with Gasteiger partial charge in [0, 0.05) is 12.0 Å². The zero-order valence-corrected chi connectivity index (χ0v) is 6.92. The van der Waals surface area contributed by atoms with Crippen molar-refractivity contribution in [1.82, 2.24) is 0 Å². The first kappa shape index (κ1) is 7.29. The second-order valence-electron chi connectivity index (χ2n) is 4.05. The summed E-state index contributed by atoms with van der Waals surface area (Å²) in [6.45, 7) is 1.69. The summed E-state index contributed by atoms with van der Waals surface area (Å²) in [4.78, 5) is 11.2. The van der Waals surface area contributed by atoms with Crippen LogP contribution in [0.1, 0.15) is 26.2 Å². The van der Waals surface area contributed by atoms with Gasteiger partial charge in [-0.05, 0) is 38.0 Å². The van der Waals surface area contributed by atoms with E-state index in [9.17, 15) is 4.79 Å². The molecule has 2 heteroatoms. The van der Waals surface area contributed by atoms with E-state index in [4.69, 9.17) is 5.73 Å². The van der Waals surface area contributed by atoms with Crippen molar-refractivity contribution in [3.05, 3.63) is 0 Å². The maximum Gasteiger partial charge on any atom is 0.134 e. The molecule has 2 saturated carbocycles. The smallest absolute Gasteiger partial charge is 0.134 e. The van der Waals surface area contributed by atoms with E-state index in [1.165, 1.54) is 19.3 Å². The van der Waals surface area contributed by atoms with Gasteiger partial charge in [-0.25, -0.2) is 0 Å². The molecule has 0 aliphatic heterocycles. The number of ketones is 1. The van der Waals surface area contributed by atoms with Crippen LogP contribution in [0.25, 0.3) is 0 Å². The molecule has 11 heavy (non-hydrogen) atoms. The Labute approximate surface area is 67.1 Å². The molecule has 62 valence electrons. The van der Waals surface area contributed by atoms with Crippen LogP contribution >= 0.6 is 0 Å². The Kier molecular flexibility index (Phi) is 1.53. The average Bonchev–Trinajstić information content (AvgIpc) is 2.44. The molecule has 0 spiro atoms. The Morgan fingerprint density at radius 1 is 1.36 bits per heavy atom. The molecule has 0 amide bonds. The highest BCUT2D eigenvalue weighted by molar-refractivity contribution is 5.80. The van der Waals surface area contributed by atoms with E-state index in [2.05, 4.69) is 0 Å². The molecule has 0 heterocycles. The molecule has 0 aromatic carbocycles. The predicted octanol–water partition coefficient (Wildman–Crippen LogP) is 0.949. The van der Waals surface area contributed by atoms with Gasteiger partial charge in [0.2, 0.25) is 0 Å². The molecule has 0 unspecified atom stereocenters. The van der Waals surface area contributed by atoms with Gasteiger partial charge in [-0.3, -0.25) is 4.79 Å². The van der Waals surface area contributed by atoms with Crippen LogP contribution in [-0.2, 0) is 4.79 Å². The van der Waals surface area contributed by atoms with E-state index in [-0.39, 0.29) is 12.0 Å². The lowest BCUT2D eigenvalue weighted by molar-refractivity contribution is -0.122. The minimum absolute atomic E-state index is 0.186. The van der Waals surface area contributed by atoms with Crippen LogP contribution in [0, 0.1) is 17.8 Å². The molecular weight excluding hydrogens is 138 g/mol. The lowest BCUT2D eigenvalue weighted by Gasteiger charge is -2.25. The Hall–Kier alpha value is -0.370. The van der Waals surface area contributed by atoms with E-state index >= 15 is 0 Å². The van der Waals surface area contributed by atoms with Crippen LogP contribution in [0.2, 0.25) is 0 Å². The van der Waals surface area contributed by atoms with E-state index in [1.807, 2.05) is 0 Å². The van der Waals surface area contributed by atoms with Gasteiger partial charge in [-0.1, -0.05) is 0 Å². The predicted molar refractivity (Wildman–Crippen MR) is 43.0 cm³/mol. The number of nitrogens with two attached hydrogens (primary N) is 1. The van der Waals surface area contributed by atoms with Gasteiger partial charge in [0.15, 0.2) is 0 Å². The van der Waals surface area contributed by atoms with Crippen molar-refractivity contribution in [2.75, 3.05) is 0 Å². The molecule has 2 rings (SSSR count). The van der Waals surface area contributed by atoms with Gasteiger partial charge in [0.05, 0.1) is 0 Å². The topological polar surface area (TPSA) is 43.1 Å². The summed E-state index contributed by atoms with van der Waals surface area (Å²) in [6, 6.07) is 0.186. The molecule has 0 aromatic heterocycles. The molecule has 2 aliphatic carbocycles. The number of carbonyl (C=O) groups excluding carboxylic acids is 1. The fourth-order valence-electron chi connectivity index (χ4n) is 2.94. The van der Waals surface area contributed by atoms with Crippen molar-refractivity contribution in [1.29, 1.82) is 0 Å². The monoisotopic (exact) mass is 153 g/mol. The van der Waals surface area contributed by atoms with Crippen LogP contribution in [0.15, 0.2) is 0 Å². The van der Waals surface area contributed by atoms with Crippen molar-refractivity contribution < 1.29 is 4.79 Å². The number of hydrogen-bond acceptors (Lipinski definition) is 2. The minimum atomic E-state index is 0.186. The maximum atomic E-state index is 11.2. The quantitative estimate of drug-likeness (QED) is 0.609. The molecule has 2 bridgehead atoms. The third-order valence-electron chi connectivity index (χ3n) is 3.45. The van der Waals surface area contributed by atoms with Gasteiger partial charge >= 0.3 is 0 Å². The van der Waals surface area contributed by atoms with E-state index in [1.54, 1.807) is 6.92 Å². The zero-order chi connectivity index (χ0) is 8.01. The van der Waals surface area contributed by atoms with Crippen molar-refractivity contribution >= 4 is 5.78 Å². The summed E-state index contributed by atoms with van der Waals surface area (Å²) >= 11 is 0. The fourth-order valence-corrected chi connectivity index (χ4v) is 2.94. The van der Waals surface area contributed by atoms with Gasteiger partial charge in [0.1, 0.15) is 5.78 Å². The SMILES string of the molecule is CC(=O)[C@@H]1[C@H]2CC[C@@H](C2)[C@@H]1N. The van der Waals surface area contributed by atoms with Gasteiger partial charge in [0.25, 0.3) is 0 Å². The molecule has 4 atom stereocenters. The maximum absolute atomic E-state index is 11.2. The molecule has 0 saturated heterocycles. The summed E-state index contributed by atoms with van der Waals surface area (Å²) in [7, 11) is 0. The Balaban J connectivity index is 2.17. The Morgan fingerprint density at radius 3 is 2.36 bits per heavy atom. The number of Topliss-reactive ketones (excluding diaryl/α,β-unsaturated/α-hetero) is 1. The van der Waals surface area contributed by atoms with Crippen LogP contribution in [0.3, 0.4) is 0 Å². The average molecular weight is 153 g/mol. The minimum Gasteiger partial charge on any atom is -0.327 e. The molecular formula is C9H15NO. The van der Waals surface area contributed by atoms with Crippen molar-refractivity contribution in [3.63, 3.8) is 0 Å². The molecule has 2 fully saturated rings. The summed E-state index contributed by atoms with van der Waals surface area (Å²) in [6.07, 6.45) is 3.71. The lowest BCUT2D eigenvalue weighted by Crippen LogP contribution is -2.39. The van der Waals surface area contributed by atoms with Gasteiger partial charge in [-0.2, -0.15) is 0 Å². The second-order valence-corrected chi connectivity index (χ2v) is 4.05. The first-order valence-corrected chi connectivity index (χ1v) is 4.46. The molecule has 0 aromatic rings. The fraction of sp³-hybridized carbons (Fsp3) is 0.889. The van der Waals surface area contributed by atoms with E-state index in [0.29, 0.717) is 17.6 Å². The highest BCUT2D eigenvalue weighted by atomic mass is 16.1.